The van der Waals surface area contributed by atoms with Crippen LogP contribution in [0.3, 0.4) is 0 Å². The Hall–Kier alpha value is -1.36. The highest BCUT2D eigenvalue weighted by atomic mass is 35.5. The number of halogens is 4. The SMILES string of the molecule is O=C(c1ccc(Cl)cc1)C(F)C(=O)C(F)F. The molecule has 0 amide bonds. The molecule has 0 aliphatic heterocycles. The van der Waals surface area contributed by atoms with E-state index in [2.05, 4.69) is 0 Å². The standard InChI is InChI=1S/C10H6ClF3O2/c11-6-3-1-5(2-4-6)8(15)7(12)9(16)10(13)14/h1-4,7,10H. The maximum atomic E-state index is 13.0. The van der Waals surface area contributed by atoms with Gasteiger partial charge in [0.2, 0.25) is 17.7 Å². The van der Waals surface area contributed by atoms with Crippen molar-refractivity contribution in [1.82, 2.24) is 0 Å². The van der Waals surface area contributed by atoms with E-state index in [1.807, 2.05) is 0 Å². The van der Waals surface area contributed by atoms with Gasteiger partial charge in [-0.05, 0) is 24.3 Å². The molecule has 16 heavy (non-hydrogen) atoms. The van der Waals surface area contributed by atoms with E-state index in [9.17, 15) is 22.8 Å². The Kier molecular flexibility index (Phi) is 4.06. The highest BCUT2D eigenvalue weighted by Gasteiger charge is 2.33. The first-order valence-corrected chi connectivity index (χ1v) is 4.57. The number of rotatable bonds is 4. The van der Waals surface area contributed by atoms with E-state index >= 15 is 0 Å². The number of hydrogen-bond acceptors (Lipinski definition) is 2. The molecule has 6 heteroatoms. The van der Waals surface area contributed by atoms with E-state index in [1.165, 1.54) is 12.1 Å². The lowest BCUT2D eigenvalue weighted by Crippen LogP contribution is -2.30. The number of benzene rings is 1. The van der Waals surface area contributed by atoms with Crippen molar-refractivity contribution in [2.24, 2.45) is 0 Å². The number of alkyl halides is 3. The zero-order valence-electron chi connectivity index (χ0n) is 7.79. The van der Waals surface area contributed by atoms with Gasteiger partial charge in [0.25, 0.3) is 6.43 Å². The number of Topliss-reactive ketones (excluding diaryl/α,β-unsaturated/α-hetero) is 2. The summed E-state index contributed by atoms with van der Waals surface area (Å²) in [4.78, 5) is 21.8. The first kappa shape index (κ1) is 12.7. The second-order valence-electron chi connectivity index (χ2n) is 2.94. The summed E-state index contributed by atoms with van der Waals surface area (Å²) < 4.78 is 36.7. The molecule has 1 unspecified atom stereocenters. The van der Waals surface area contributed by atoms with Gasteiger partial charge >= 0.3 is 0 Å². The molecule has 0 aliphatic rings. The van der Waals surface area contributed by atoms with Gasteiger partial charge in [-0.25, -0.2) is 13.2 Å². The molecule has 1 atom stereocenters. The average Bonchev–Trinajstić information content (AvgIpc) is 2.27. The molecule has 0 spiro atoms. The van der Waals surface area contributed by atoms with Crippen LogP contribution in [0.2, 0.25) is 5.02 Å². The van der Waals surface area contributed by atoms with Crippen LogP contribution in [-0.4, -0.2) is 24.2 Å². The molecule has 0 radical (unpaired) electrons. The molecule has 0 aromatic heterocycles. The second-order valence-corrected chi connectivity index (χ2v) is 3.37. The lowest BCUT2D eigenvalue weighted by Gasteiger charge is -2.05. The third kappa shape index (κ3) is 2.82. The fraction of sp³-hybridized carbons (Fsp3) is 0.200. The Morgan fingerprint density at radius 3 is 2.00 bits per heavy atom. The first-order chi connectivity index (χ1) is 7.43. The summed E-state index contributed by atoms with van der Waals surface area (Å²) in [7, 11) is 0. The van der Waals surface area contributed by atoms with E-state index in [4.69, 9.17) is 11.6 Å². The molecule has 0 saturated heterocycles. The summed E-state index contributed by atoms with van der Waals surface area (Å²) >= 11 is 5.52. The van der Waals surface area contributed by atoms with Crippen molar-refractivity contribution in [3.63, 3.8) is 0 Å². The van der Waals surface area contributed by atoms with Crippen LogP contribution < -0.4 is 0 Å². The van der Waals surface area contributed by atoms with Crippen LogP contribution in [0.1, 0.15) is 10.4 Å². The minimum Gasteiger partial charge on any atom is -0.290 e. The van der Waals surface area contributed by atoms with Gasteiger partial charge in [-0.2, -0.15) is 0 Å². The number of carbonyl (C=O) groups excluding carboxylic acids is 2. The van der Waals surface area contributed by atoms with Crippen molar-refractivity contribution in [3.8, 4) is 0 Å². The topological polar surface area (TPSA) is 34.1 Å². The van der Waals surface area contributed by atoms with E-state index in [0.29, 0.717) is 5.02 Å². The molecule has 86 valence electrons. The summed E-state index contributed by atoms with van der Waals surface area (Å²) in [6.45, 7) is 0. The maximum Gasteiger partial charge on any atom is 0.299 e. The Bertz CT molecular complexity index is 403. The van der Waals surface area contributed by atoms with Gasteiger partial charge in [0, 0.05) is 10.6 Å². The molecule has 0 N–H and O–H groups in total. The fourth-order valence-corrected chi connectivity index (χ4v) is 1.13. The summed E-state index contributed by atoms with van der Waals surface area (Å²) in [6.07, 6.45) is -6.33. The Labute approximate surface area is 94.0 Å². The van der Waals surface area contributed by atoms with Gasteiger partial charge in [0.05, 0.1) is 0 Å². The van der Waals surface area contributed by atoms with Crippen LogP contribution in [-0.2, 0) is 4.79 Å². The average molecular weight is 251 g/mol. The minimum absolute atomic E-state index is 0.175. The van der Waals surface area contributed by atoms with E-state index in [1.54, 1.807) is 0 Å². The molecular formula is C10H6ClF3O2. The van der Waals surface area contributed by atoms with Crippen molar-refractivity contribution in [2.45, 2.75) is 12.6 Å². The van der Waals surface area contributed by atoms with Crippen molar-refractivity contribution in [1.29, 1.82) is 0 Å². The van der Waals surface area contributed by atoms with Crippen LogP contribution in [0.5, 0.6) is 0 Å². The van der Waals surface area contributed by atoms with E-state index < -0.39 is 24.2 Å². The molecule has 0 fully saturated rings. The maximum absolute atomic E-state index is 13.0. The van der Waals surface area contributed by atoms with Crippen molar-refractivity contribution < 1.29 is 22.8 Å². The van der Waals surface area contributed by atoms with Crippen molar-refractivity contribution in [3.05, 3.63) is 34.9 Å². The van der Waals surface area contributed by atoms with Gasteiger partial charge < -0.3 is 0 Å². The Morgan fingerprint density at radius 1 is 1.06 bits per heavy atom. The fourth-order valence-electron chi connectivity index (χ4n) is 1.00. The Balaban J connectivity index is 2.86. The van der Waals surface area contributed by atoms with Gasteiger partial charge in [-0.3, -0.25) is 9.59 Å². The molecule has 1 aromatic carbocycles. The summed E-state index contributed by atoms with van der Waals surface area (Å²) in [5.74, 6) is -3.32. The van der Waals surface area contributed by atoms with E-state index in [0.717, 1.165) is 12.1 Å². The van der Waals surface area contributed by atoms with Crippen molar-refractivity contribution in [2.75, 3.05) is 0 Å². The smallest absolute Gasteiger partial charge is 0.290 e. The predicted octanol–water partition coefficient (Wildman–Crippen LogP) is 2.70. The predicted molar refractivity (Wildman–Crippen MR) is 51.7 cm³/mol. The summed E-state index contributed by atoms with van der Waals surface area (Å²) in [5.41, 5.74) is -0.175. The molecule has 0 heterocycles. The van der Waals surface area contributed by atoms with Crippen LogP contribution in [0.4, 0.5) is 13.2 Å². The van der Waals surface area contributed by atoms with Crippen LogP contribution >= 0.6 is 11.6 Å². The van der Waals surface area contributed by atoms with Gasteiger partial charge in [0.15, 0.2) is 0 Å². The highest BCUT2D eigenvalue weighted by Crippen LogP contribution is 2.14. The number of hydrogen-bond donors (Lipinski definition) is 0. The normalized spacial score (nSPS) is 12.6. The monoisotopic (exact) mass is 250 g/mol. The molecule has 0 saturated carbocycles. The third-order valence-corrected chi connectivity index (χ3v) is 2.08. The zero-order chi connectivity index (χ0) is 12.3. The molecule has 1 aromatic rings. The van der Waals surface area contributed by atoms with Crippen LogP contribution in [0.15, 0.2) is 24.3 Å². The largest absolute Gasteiger partial charge is 0.299 e. The second kappa shape index (κ2) is 5.12. The summed E-state index contributed by atoms with van der Waals surface area (Å²) in [6, 6.07) is 4.93. The molecule has 0 aliphatic carbocycles. The number of ketones is 2. The van der Waals surface area contributed by atoms with E-state index in [-0.39, 0.29) is 5.56 Å². The Morgan fingerprint density at radius 2 is 1.56 bits per heavy atom. The molecule has 2 nitrogen and oxygen atoms in total. The molecular weight excluding hydrogens is 245 g/mol. The first-order valence-electron chi connectivity index (χ1n) is 4.19. The quantitative estimate of drug-likeness (QED) is 0.608. The van der Waals surface area contributed by atoms with Crippen LogP contribution in [0, 0.1) is 0 Å². The lowest BCUT2D eigenvalue weighted by molar-refractivity contribution is -0.132. The van der Waals surface area contributed by atoms with Crippen molar-refractivity contribution >= 4 is 23.2 Å². The van der Waals surface area contributed by atoms with Crippen LogP contribution in [0.25, 0.3) is 0 Å². The third-order valence-electron chi connectivity index (χ3n) is 1.82. The number of carbonyl (C=O) groups is 2. The lowest BCUT2D eigenvalue weighted by atomic mass is 10.0. The van der Waals surface area contributed by atoms with Gasteiger partial charge in [-0.15, -0.1) is 0 Å². The zero-order valence-corrected chi connectivity index (χ0v) is 8.55. The minimum atomic E-state index is -3.49. The van der Waals surface area contributed by atoms with Gasteiger partial charge in [-0.1, -0.05) is 11.6 Å². The molecule has 0 bridgehead atoms. The molecule has 1 rings (SSSR count). The summed E-state index contributed by atoms with van der Waals surface area (Å²) in [5, 5.41) is 0.312. The van der Waals surface area contributed by atoms with Gasteiger partial charge in [0.1, 0.15) is 0 Å². The highest BCUT2D eigenvalue weighted by molar-refractivity contribution is 6.30.